The van der Waals surface area contributed by atoms with Gasteiger partial charge in [-0.1, -0.05) is 67.7 Å². The van der Waals surface area contributed by atoms with Crippen LogP contribution in [0.5, 0.6) is 0 Å². The van der Waals surface area contributed by atoms with E-state index in [1.54, 1.807) is 6.08 Å². The molecule has 0 aliphatic carbocycles. The molecular formula is C20H29O4-. The van der Waals surface area contributed by atoms with Crippen LogP contribution < -0.4 is 5.11 Å². The van der Waals surface area contributed by atoms with Gasteiger partial charge in [-0.2, -0.15) is 0 Å². The average molecular weight is 333 g/mol. The van der Waals surface area contributed by atoms with Crippen molar-refractivity contribution in [3.8, 4) is 0 Å². The number of aliphatic carboxylic acids is 1. The van der Waals surface area contributed by atoms with E-state index in [1.807, 2.05) is 42.5 Å². The summed E-state index contributed by atoms with van der Waals surface area (Å²) < 4.78 is 0. The molecule has 0 bridgehead atoms. The summed E-state index contributed by atoms with van der Waals surface area (Å²) in [4.78, 5) is 14.6. The van der Waals surface area contributed by atoms with Gasteiger partial charge in [0.25, 0.3) is 0 Å². The van der Waals surface area contributed by atoms with Crippen molar-refractivity contribution in [3.63, 3.8) is 0 Å². The van der Waals surface area contributed by atoms with Gasteiger partial charge in [-0.25, -0.2) is 4.89 Å². The molecule has 1 N–H and O–H groups in total. The third kappa shape index (κ3) is 16.5. The summed E-state index contributed by atoms with van der Waals surface area (Å²) in [7, 11) is 0. The molecule has 0 unspecified atom stereocenters. The first kappa shape index (κ1) is 22.1. The summed E-state index contributed by atoms with van der Waals surface area (Å²) in [6, 6.07) is 0. The van der Waals surface area contributed by atoms with E-state index in [0.29, 0.717) is 12.8 Å². The van der Waals surface area contributed by atoms with Crippen LogP contribution in [-0.4, -0.2) is 17.3 Å². The molecule has 0 aliphatic rings. The molecule has 4 heteroatoms. The van der Waals surface area contributed by atoms with Crippen LogP contribution >= 0.6 is 0 Å². The van der Waals surface area contributed by atoms with Crippen molar-refractivity contribution in [1.29, 1.82) is 0 Å². The van der Waals surface area contributed by atoms with Gasteiger partial charge in [-0.05, 0) is 44.9 Å². The lowest BCUT2D eigenvalue weighted by molar-refractivity contribution is -0.305. The molecule has 0 radical (unpaired) electrons. The highest BCUT2D eigenvalue weighted by atomic mass is 17.1. The quantitative estimate of drug-likeness (QED) is 0.171. The molecule has 24 heavy (non-hydrogen) atoms. The van der Waals surface area contributed by atoms with Crippen molar-refractivity contribution < 1.29 is 20.0 Å². The fourth-order valence-corrected chi connectivity index (χ4v) is 1.83. The fourth-order valence-electron chi connectivity index (χ4n) is 1.83. The molecule has 0 spiro atoms. The predicted octanol–water partition coefficient (Wildman–Crippen LogP) is 4.13. The van der Waals surface area contributed by atoms with E-state index in [0.717, 1.165) is 25.7 Å². The summed E-state index contributed by atoms with van der Waals surface area (Å²) in [5, 5.41) is 19.1. The van der Waals surface area contributed by atoms with Crippen LogP contribution in [0.25, 0.3) is 0 Å². The zero-order valence-corrected chi connectivity index (χ0v) is 14.5. The maximum Gasteiger partial charge on any atom is 0.115 e. The number of hydrogen-bond acceptors (Lipinski definition) is 4. The monoisotopic (exact) mass is 333 g/mol. The molecule has 0 fully saturated rings. The molecule has 0 saturated heterocycles. The van der Waals surface area contributed by atoms with Crippen LogP contribution in [-0.2, 0) is 9.68 Å². The van der Waals surface area contributed by atoms with Crippen LogP contribution in [0.15, 0.2) is 60.8 Å². The Balaban J connectivity index is 3.85. The van der Waals surface area contributed by atoms with Crippen LogP contribution in [0.3, 0.4) is 0 Å². The van der Waals surface area contributed by atoms with Crippen molar-refractivity contribution in [2.24, 2.45) is 0 Å². The van der Waals surface area contributed by atoms with Gasteiger partial charge < -0.3 is 9.90 Å². The number of hydrogen-bond donors (Lipinski definition) is 1. The van der Waals surface area contributed by atoms with Crippen molar-refractivity contribution >= 4 is 5.97 Å². The highest BCUT2D eigenvalue weighted by molar-refractivity contribution is 5.64. The van der Waals surface area contributed by atoms with Crippen LogP contribution in [0.1, 0.15) is 51.9 Å². The molecule has 1 atom stereocenters. The van der Waals surface area contributed by atoms with Gasteiger partial charge in [-0.15, -0.1) is 0 Å². The summed E-state index contributed by atoms with van der Waals surface area (Å²) in [6.07, 6.45) is 24.2. The SMILES string of the molecule is CC/C=C\C/C=C\C[C@@H](/C=C/C=C\C/C=C\CCCC(=O)[O-])OO. The predicted molar refractivity (Wildman–Crippen MR) is 96.2 cm³/mol. The largest absolute Gasteiger partial charge is 0.550 e. The molecule has 0 aliphatic heterocycles. The third-order valence-corrected chi connectivity index (χ3v) is 3.11. The zero-order chi connectivity index (χ0) is 17.9. The highest BCUT2D eigenvalue weighted by Crippen LogP contribution is 2.02. The maximum absolute atomic E-state index is 10.2. The van der Waals surface area contributed by atoms with Gasteiger partial charge in [-0.3, -0.25) is 5.26 Å². The van der Waals surface area contributed by atoms with Gasteiger partial charge in [0.15, 0.2) is 0 Å². The molecular weight excluding hydrogens is 304 g/mol. The van der Waals surface area contributed by atoms with Gasteiger partial charge in [0, 0.05) is 5.97 Å². The Morgan fingerprint density at radius 2 is 1.75 bits per heavy atom. The smallest absolute Gasteiger partial charge is 0.115 e. The molecule has 134 valence electrons. The maximum atomic E-state index is 10.2. The normalized spacial score (nSPS) is 14.1. The van der Waals surface area contributed by atoms with Crippen molar-refractivity contribution in [2.45, 2.75) is 58.0 Å². The van der Waals surface area contributed by atoms with E-state index in [-0.39, 0.29) is 12.5 Å². The van der Waals surface area contributed by atoms with Crippen molar-refractivity contribution in [3.05, 3.63) is 60.8 Å². The molecule has 0 rings (SSSR count). The van der Waals surface area contributed by atoms with E-state index >= 15 is 0 Å². The zero-order valence-electron chi connectivity index (χ0n) is 14.5. The van der Waals surface area contributed by atoms with Gasteiger partial charge >= 0.3 is 0 Å². The molecule has 0 aromatic rings. The standard InChI is InChI=1S/C20H30O4/c1-2-3-4-5-10-13-16-19(24-23)17-14-11-8-6-7-9-12-15-18-20(21)22/h3-4,7-11,13-14,17,19,23H,2,5-6,12,15-16,18H2,1H3,(H,21,22)/p-1/b4-3-,9-7-,11-8-,13-10-,17-14+/t19-/m0/s1. The minimum atomic E-state index is -0.999. The van der Waals surface area contributed by atoms with Crippen LogP contribution in [0, 0.1) is 0 Å². The topological polar surface area (TPSA) is 69.6 Å². The van der Waals surface area contributed by atoms with E-state index in [1.165, 1.54) is 0 Å². The summed E-state index contributed by atoms with van der Waals surface area (Å²) in [6.45, 7) is 2.10. The average Bonchev–Trinajstić information content (AvgIpc) is 2.57. The Morgan fingerprint density at radius 3 is 2.46 bits per heavy atom. The first-order valence-electron chi connectivity index (χ1n) is 8.49. The van der Waals surface area contributed by atoms with Crippen molar-refractivity contribution in [1.82, 2.24) is 0 Å². The molecule has 0 aromatic heterocycles. The molecule has 0 amide bonds. The Bertz CT molecular complexity index is 445. The molecule has 0 saturated carbocycles. The van der Waals surface area contributed by atoms with E-state index in [2.05, 4.69) is 24.0 Å². The second-order valence-corrected chi connectivity index (χ2v) is 5.25. The summed E-state index contributed by atoms with van der Waals surface area (Å²) in [5.74, 6) is -0.999. The number of rotatable bonds is 14. The first-order chi connectivity index (χ1) is 11.7. The molecule has 0 aromatic carbocycles. The summed E-state index contributed by atoms with van der Waals surface area (Å²) >= 11 is 0. The number of carbonyl (C=O) groups excluding carboxylic acids is 1. The number of carboxylic acids is 1. The van der Waals surface area contributed by atoms with Gasteiger partial charge in [0.05, 0.1) is 0 Å². The van der Waals surface area contributed by atoms with Crippen molar-refractivity contribution in [2.75, 3.05) is 0 Å². The lowest BCUT2D eigenvalue weighted by atomic mass is 10.2. The third-order valence-electron chi connectivity index (χ3n) is 3.11. The number of carboxylic acid groups (broad SMARTS) is 1. The lowest BCUT2D eigenvalue weighted by Crippen LogP contribution is -2.21. The minimum Gasteiger partial charge on any atom is -0.550 e. The summed E-state index contributed by atoms with van der Waals surface area (Å²) in [5.41, 5.74) is 0. The second-order valence-electron chi connectivity index (χ2n) is 5.25. The van der Waals surface area contributed by atoms with E-state index < -0.39 is 5.97 Å². The Labute approximate surface area is 145 Å². The first-order valence-corrected chi connectivity index (χ1v) is 8.49. The second kappa shape index (κ2) is 17.4. The van der Waals surface area contributed by atoms with Crippen LogP contribution in [0.2, 0.25) is 0 Å². The number of unbranched alkanes of at least 4 members (excludes halogenated alkanes) is 1. The Morgan fingerprint density at radius 1 is 1.04 bits per heavy atom. The number of allylic oxidation sites excluding steroid dienone is 8. The van der Waals surface area contributed by atoms with Crippen LogP contribution in [0.4, 0.5) is 0 Å². The van der Waals surface area contributed by atoms with Gasteiger partial charge in [0.1, 0.15) is 6.10 Å². The lowest BCUT2D eigenvalue weighted by Gasteiger charge is -2.03. The van der Waals surface area contributed by atoms with E-state index in [4.69, 9.17) is 5.26 Å². The van der Waals surface area contributed by atoms with E-state index in [9.17, 15) is 9.90 Å². The Hall–Kier alpha value is -1.91. The molecule has 0 heterocycles. The molecule has 4 nitrogen and oxygen atoms in total. The fraction of sp³-hybridized carbons (Fsp3) is 0.450. The number of carbonyl (C=O) groups is 1. The van der Waals surface area contributed by atoms with Gasteiger partial charge in [0.2, 0.25) is 0 Å². The highest BCUT2D eigenvalue weighted by Gasteiger charge is 1.99. The minimum absolute atomic E-state index is 0.106. The Kier molecular flexibility index (Phi) is 16.1.